The lowest BCUT2D eigenvalue weighted by atomic mass is 10.2. The fraction of sp³-hybridized carbons (Fsp3) is 0.238. The molecule has 0 atom stereocenters. The number of fused-ring (bicyclic) bond motifs is 1. The first kappa shape index (κ1) is 22.6. The quantitative estimate of drug-likeness (QED) is 0.169. The third kappa shape index (κ3) is 5.88. The lowest BCUT2D eigenvalue weighted by molar-refractivity contribution is 0.112. The van der Waals surface area contributed by atoms with Crippen LogP contribution in [0.4, 0.5) is 11.4 Å². The van der Waals surface area contributed by atoms with Crippen LogP contribution in [0.2, 0.25) is 0 Å². The Morgan fingerprint density at radius 2 is 2.28 bits per heavy atom. The maximum atomic E-state index is 11.6. The first-order valence-corrected chi connectivity index (χ1v) is 10.7. The second kappa shape index (κ2) is 11.3. The molecule has 0 unspecified atom stereocenters. The van der Waals surface area contributed by atoms with Gasteiger partial charge in [-0.2, -0.15) is 0 Å². The minimum absolute atomic E-state index is 0.556. The molecule has 0 aliphatic carbocycles. The van der Waals surface area contributed by atoms with Crippen molar-refractivity contribution in [2.24, 2.45) is 9.98 Å². The van der Waals surface area contributed by atoms with Crippen molar-refractivity contribution in [2.75, 3.05) is 26.0 Å². The highest BCUT2D eigenvalue weighted by atomic mass is 32.2. The molecule has 2 aromatic heterocycles. The Balaban J connectivity index is 2.27. The SMILES string of the molecule is C=CCN=CSC(=C)/C=C(\CC)N(C)C=Nc1c(C=O)sc2nccc(NC)c12. The van der Waals surface area contributed by atoms with Crippen molar-refractivity contribution in [3.8, 4) is 0 Å². The standard InChI is InChI=1S/C21H25N5OS2/c1-6-9-23-14-28-15(3)11-16(7-2)26(5)13-25-20-18(12-27)29-21-19(20)17(22-4)8-10-24-21/h6,8,10-14H,1,3,7,9H2,2,4-5H3,(H,22,24)/b16-11+,23-14?,25-13?. The molecule has 0 fully saturated rings. The van der Waals surface area contributed by atoms with Crippen molar-refractivity contribution >= 4 is 62.9 Å². The molecule has 0 amide bonds. The van der Waals surface area contributed by atoms with Crippen molar-refractivity contribution in [3.05, 3.63) is 53.1 Å². The Hall–Kier alpha value is -2.71. The number of hydrogen-bond donors (Lipinski definition) is 1. The number of hydrogen-bond acceptors (Lipinski definition) is 7. The Morgan fingerprint density at radius 3 is 2.93 bits per heavy atom. The van der Waals surface area contributed by atoms with E-state index >= 15 is 0 Å². The summed E-state index contributed by atoms with van der Waals surface area (Å²) in [6.45, 7) is 10.4. The number of thioether (sulfide) groups is 1. The fourth-order valence-electron chi connectivity index (χ4n) is 2.56. The number of aromatic nitrogens is 1. The van der Waals surface area contributed by atoms with Crippen molar-refractivity contribution in [1.29, 1.82) is 0 Å². The molecule has 29 heavy (non-hydrogen) atoms. The van der Waals surface area contributed by atoms with Crippen LogP contribution >= 0.6 is 23.1 Å². The van der Waals surface area contributed by atoms with Crippen molar-refractivity contribution < 1.29 is 4.79 Å². The van der Waals surface area contributed by atoms with Crippen molar-refractivity contribution in [2.45, 2.75) is 13.3 Å². The van der Waals surface area contributed by atoms with E-state index in [-0.39, 0.29) is 0 Å². The first-order valence-electron chi connectivity index (χ1n) is 9.02. The Kier molecular flexibility index (Phi) is 8.82. The number of aliphatic imine (C=N–C) groups is 2. The fourth-order valence-corrected chi connectivity index (χ4v) is 3.99. The van der Waals surface area contributed by atoms with Crippen LogP contribution in [0.5, 0.6) is 0 Å². The maximum Gasteiger partial charge on any atom is 0.162 e. The van der Waals surface area contributed by atoms with Crippen LogP contribution in [-0.2, 0) is 0 Å². The zero-order valence-corrected chi connectivity index (χ0v) is 18.5. The van der Waals surface area contributed by atoms with Gasteiger partial charge in [-0.05, 0) is 18.6 Å². The Labute approximate surface area is 179 Å². The van der Waals surface area contributed by atoms with Gasteiger partial charge in [0.15, 0.2) is 6.29 Å². The number of allylic oxidation sites excluding steroid dienone is 2. The number of rotatable bonds is 11. The van der Waals surface area contributed by atoms with Crippen LogP contribution in [0, 0.1) is 0 Å². The molecule has 0 saturated carbocycles. The second-order valence-electron chi connectivity index (χ2n) is 5.91. The molecule has 2 heterocycles. The van der Waals surface area contributed by atoms with Gasteiger partial charge in [-0.15, -0.1) is 17.9 Å². The van der Waals surface area contributed by atoms with Gasteiger partial charge in [-0.3, -0.25) is 9.79 Å². The van der Waals surface area contributed by atoms with E-state index in [1.807, 2.05) is 31.1 Å². The van der Waals surface area contributed by atoms with Gasteiger partial charge in [0.05, 0.1) is 34.4 Å². The molecule has 1 N–H and O–H groups in total. The minimum atomic E-state index is 0.556. The largest absolute Gasteiger partial charge is 0.387 e. The summed E-state index contributed by atoms with van der Waals surface area (Å²) in [6.07, 6.45) is 8.83. The molecule has 0 bridgehead atoms. The zero-order chi connectivity index (χ0) is 21.2. The van der Waals surface area contributed by atoms with E-state index in [2.05, 4.69) is 40.4 Å². The van der Waals surface area contributed by atoms with E-state index in [4.69, 9.17) is 0 Å². The van der Waals surface area contributed by atoms with Crippen LogP contribution < -0.4 is 5.32 Å². The number of carbonyl (C=O) groups is 1. The number of thiophene rings is 1. The Morgan fingerprint density at radius 1 is 1.48 bits per heavy atom. The topological polar surface area (TPSA) is 70.0 Å². The molecule has 0 aliphatic rings. The third-order valence-corrected chi connectivity index (χ3v) is 5.67. The van der Waals surface area contributed by atoms with Crippen LogP contribution in [0.15, 0.2) is 58.2 Å². The van der Waals surface area contributed by atoms with Crippen LogP contribution in [0.3, 0.4) is 0 Å². The van der Waals surface area contributed by atoms with Crippen molar-refractivity contribution in [3.63, 3.8) is 0 Å². The smallest absolute Gasteiger partial charge is 0.162 e. The van der Waals surface area contributed by atoms with Gasteiger partial charge >= 0.3 is 0 Å². The first-order chi connectivity index (χ1) is 14.0. The molecule has 0 spiro atoms. The summed E-state index contributed by atoms with van der Waals surface area (Å²) in [6, 6.07) is 1.87. The van der Waals surface area contributed by atoms with E-state index < -0.39 is 0 Å². The molecule has 8 heteroatoms. The van der Waals surface area contributed by atoms with Gasteiger partial charge in [0.2, 0.25) is 0 Å². The molecule has 152 valence electrons. The lowest BCUT2D eigenvalue weighted by Gasteiger charge is -2.16. The van der Waals surface area contributed by atoms with Crippen LogP contribution in [0.1, 0.15) is 23.0 Å². The van der Waals surface area contributed by atoms with Crippen LogP contribution in [0.25, 0.3) is 10.2 Å². The maximum absolute atomic E-state index is 11.6. The zero-order valence-electron chi connectivity index (χ0n) is 16.9. The van der Waals surface area contributed by atoms with Gasteiger partial charge in [0.25, 0.3) is 0 Å². The molecule has 2 rings (SSSR count). The molecular formula is C21H25N5OS2. The highest BCUT2D eigenvalue weighted by Crippen LogP contribution is 2.39. The minimum Gasteiger partial charge on any atom is -0.387 e. The highest BCUT2D eigenvalue weighted by Gasteiger charge is 2.15. The normalized spacial score (nSPS) is 12.0. The second-order valence-corrected chi connectivity index (χ2v) is 7.91. The van der Waals surface area contributed by atoms with E-state index in [0.717, 1.165) is 39.2 Å². The molecule has 0 aliphatic heterocycles. The number of nitrogens with zero attached hydrogens (tertiary/aromatic N) is 4. The number of aldehydes is 1. The summed E-state index contributed by atoms with van der Waals surface area (Å²) in [5, 5.41) is 4.00. The molecule has 0 radical (unpaired) electrons. The average Bonchev–Trinajstić information content (AvgIpc) is 3.11. The number of carbonyl (C=O) groups excluding carboxylic acids is 1. The summed E-state index contributed by atoms with van der Waals surface area (Å²) in [5.41, 5.74) is 4.33. The van der Waals surface area contributed by atoms with Crippen LogP contribution in [-0.4, -0.2) is 48.7 Å². The molecule has 0 aromatic carbocycles. The number of pyridine rings is 1. The molecule has 0 saturated heterocycles. The monoisotopic (exact) mass is 427 g/mol. The summed E-state index contributed by atoms with van der Waals surface area (Å²) in [5.74, 6) is 0. The molecular weight excluding hydrogens is 402 g/mol. The molecule has 6 nitrogen and oxygen atoms in total. The van der Waals surface area contributed by atoms with E-state index in [1.165, 1.54) is 23.1 Å². The van der Waals surface area contributed by atoms with Gasteiger partial charge in [-0.1, -0.05) is 31.3 Å². The van der Waals surface area contributed by atoms with Gasteiger partial charge in [0, 0.05) is 36.6 Å². The summed E-state index contributed by atoms with van der Waals surface area (Å²) < 4.78 is 0. The summed E-state index contributed by atoms with van der Waals surface area (Å²) in [7, 11) is 3.77. The van der Waals surface area contributed by atoms with Crippen molar-refractivity contribution in [1.82, 2.24) is 9.88 Å². The number of nitrogens with one attached hydrogen (secondary N) is 1. The van der Waals surface area contributed by atoms with Gasteiger partial charge < -0.3 is 10.2 Å². The highest BCUT2D eigenvalue weighted by molar-refractivity contribution is 8.15. The average molecular weight is 428 g/mol. The van der Waals surface area contributed by atoms with E-state index in [9.17, 15) is 4.79 Å². The summed E-state index contributed by atoms with van der Waals surface area (Å²) >= 11 is 2.80. The third-order valence-electron chi connectivity index (χ3n) is 3.99. The predicted octanol–water partition coefficient (Wildman–Crippen LogP) is 5.50. The Bertz CT molecular complexity index is 975. The van der Waals surface area contributed by atoms with E-state index in [1.54, 1.807) is 24.2 Å². The predicted molar refractivity (Wildman–Crippen MR) is 129 cm³/mol. The van der Waals surface area contributed by atoms with E-state index in [0.29, 0.717) is 17.1 Å². The lowest BCUT2D eigenvalue weighted by Crippen LogP contribution is -2.15. The number of anilines is 1. The van der Waals surface area contributed by atoms with Gasteiger partial charge in [0.1, 0.15) is 4.83 Å². The molecule has 2 aromatic rings. The summed E-state index contributed by atoms with van der Waals surface area (Å²) in [4.78, 5) is 28.9. The van der Waals surface area contributed by atoms with Gasteiger partial charge in [-0.25, -0.2) is 9.98 Å².